The first-order valence-corrected chi connectivity index (χ1v) is 25.4. The summed E-state index contributed by atoms with van der Waals surface area (Å²) in [7, 11) is 0. The number of unbranched alkanes of at least 4 members (excludes halogenated alkanes) is 22. The average molecular weight is 941 g/mol. The van der Waals surface area contributed by atoms with E-state index in [2.05, 4.69) is 24.5 Å². The maximum absolute atomic E-state index is 14.2. The number of esters is 3. The van der Waals surface area contributed by atoms with Crippen LogP contribution in [0.1, 0.15) is 221 Å². The van der Waals surface area contributed by atoms with E-state index in [1.807, 2.05) is 0 Å². The van der Waals surface area contributed by atoms with Gasteiger partial charge in [0.1, 0.15) is 12.1 Å². The second kappa shape index (κ2) is 37.2. The molecular weight excluding hydrogens is 853 g/mol. The third-order valence-corrected chi connectivity index (χ3v) is 12.1. The summed E-state index contributed by atoms with van der Waals surface area (Å²) in [5, 5.41) is 24.2. The monoisotopic (exact) mass is 941 g/mol. The van der Waals surface area contributed by atoms with E-state index in [4.69, 9.17) is 23.7 Å². The zero-order valence-corrected chi connectivity index (χ0v) is 41.4. The number of carbonyl (C=O) groups excluding carboxylic acids is 5. The quantitative estimate of drug-likeness (QED) is 0.0255. The third-order valence-electron chi connectivity index (χ3n) is 12.1. The van der Waals surface area contributed by atoms with Crippen molar-refractivity contribution in [3.8, 4) is 0 Å². The molecule has 2 amide bonds. The van der Waals surface area contributed by atoms with Crippen molar-refractivity contribution in [2.45, 2.75) is 264 Å². The van der Waals surface area contributed by atoms with Gasteiger partial charge in [-0.1, -0.05) is 168 Å². The van der Waals surface area contributed by atoms with Crippen molar-refractivity contribution in [2.75, 3.05) is 6.61 Å². The van der Waals surface area contributed by atoms with Crippen LogP contribution in [-0.4, -0.2) is 101 Å². The van der Waals surface area contributed by atoms with E-state index in [9.17, 15) is 43.8 Å². The molecule has 1 fully saturated rings. The number of nitrogens with one attached hydrogen (secondary N) is 2. The Kier molecular flexibility index (Phi) is 34.0. The lowest BCUT2D eigenvalue weighted by atomic mass is 9.92. The van der Waals surface area contributed by atoms with Crippen molar-refractivity contribution in [3.63, 3.8) is 0 Å². The van der Waals surface area contributed by atoms with Crippen LogP contribution in [-0.2, 0) is 57.2 Å². The van der Waals surface area contributed by atoms with E-state index in [1.54, 1.807) is 0 Å². The molecule has 1 saturated heterocycles. The Hall–Kier alpha value is -3.79. The molecule has 16 nitrogen and oxygen atoms in total. The topological polar surface area (TPSA) is 230 Å². The van der Waals surface area contributed by atoms with Crippen molar-refractivity contribution in [1.29, 1.82) is 0 Å². The van der Waals surface area contributed by atoms with Crippen LogP contribution in [0.5, 0.6) is 0 Å². The largest absolute Gasteiger partial charge is 0.481 e. The van der Waals surface area contributed by atoms with E-state index < -0.39 is 110 Å². The number of amides is 2. The number of carboxylic acid groups (broad SMARTS) is 2. The molecule has 0 aromatic heterocycles. The highest BCUT2D eigenvalue weighted by atomic mass is 16.7. The third kappa shape index (κ3) is 28.4. The SMILES string of the molecule is CCCCCCCCCCCCCCC(CCCCCCCCCCCCCC)C(=O)N[C@H](CO[C@H]1O[C@@H](C)[C@@H](OC(C)=O)[C@@H](OC(C)=O)[C@@H]1OC(C)=O)C(=O)N[C@H](CCC(=O)O)C(=O)O. The molecule has 4 N–H and O–H groups in total. The standard InChI is InChI=1S/C50H88N2O14/c1-7-9-11-13-15-17-19-21-23-25-27-29-31-40(32-30-28-26-24-22-20-18-16-14-12-10-8-2)47(58)52-42(48(59)51-41(49(60)61)33-34-43(56)57)35-62-50-46(66-39(6)55)45(65-38(5)54)44(36(3)63-50)64-37(4)53/h36,40-42,44-46,50H,7-35H2,1-6H3,(H,51,59)(H,52,58)(H,56,57)(H,60,61)/t36-,41+,42+,44+,45+,46-,50-/m0/s1. The molecule has 1 aliphatic rings. The number of ether oxygens (including phenoxy) is 5. The van der Waals surface area contributed by atoms with Gasteiger partial charge in [0, 0.05) is 33.1 Å². The first-order valence-electron chi connectivity index (χ1n) is 25.4. The fourth-order valence-corrected chi connectivity index (χ4v) is 8.44. The minimum atomic E-state index is -1.59. The van der Waals surface area contributed by atoms with Gasteiger partial charge in [-0.05, 0) is 26.2 Å². The van der Waals surface area contributed by atoms with Crippen LogP contribution in [0.4, 0.5) is 0 Å². The van der Waals surface area contributed by atoms with E-state index >= 15 is 0 Å². The van der Waals surface area contributed by atoms with E-state index in [-0.39, 0.29) is 0 Å². The Balaban J connectivity index is 3.22. The molecule has 66 heavy (non-hydrogen) atoms. The van der Waals surface area contributed by atoms with Crippen LogP contribution in [0, 0.1) is 5.92 Å². The maximum atomic E-state index is 14.2. The lowest BCUT2D eigenvalue weighted by Crippen LogP contribution is -2.62. The Morgan fingerprint density at radius 2 is 0.879 bits per heavy atom. The molecule has 0 radical (unpaired) electrons. The summed E-state index contributed by atoms with van der Waals surface area (Å²) in [4.78, 5) is 88.2. The van der Waals surface area contributed by atoms with Crippen LogP contribution in [0.2, 0.25) is 0 Å². The molecule has 0 saturated carbocycles. The van der Waals surface area contributed by atoms with Crippen molar-refractivity contribution >= 4 is 41.7 Å². The Morgan fingerprint density at radius 3 is 1.27 bits per heavy atom. The minimum absolute atomic E-state index is 0.413. The molecule has 1 heterocycles. The lowest BCUT2D eigenvalue weighted by Gasteiger charge is -2.43. The Labute approximate surface area is 395 Å². The van der Waals surface area contributed by atoms with Gasteiger partial charge in [0.25, 0.3) is 0 Å². The number of carboxylic acids is 2. The van der Waals surface area contributed by atoms with E-state index in [0.29, 0.717) is 12.8 Å². The van der Waals surface area contributed by atoms with Crippen LogP contribution < -0.4 is 10.6 Å². The molecular formula is C50H88N2O14. The highest BCUT2D eigenvalue weighted by Gasteiger charge is 2.51. The van der Waals surface area contributed by atoms with Crippen molar-refractivity contribution in [1.82, 2.24) is 10.6 Å². The molecule has 7 atom stereocenters. The van der Waals surface area contributed by atoms with Crippen LogP contribution in [0.3, 0.4) is 0 Å². The molecule has 0 aromatic rings. The van der Waals surface area contributed by atoms with Gasteiger partial charge in [0.2, 0.25) is 11.8 Å². The first-order chi connectivity index (χ1) is 31.6. The fraction of sp³-hybridized carbons (Fsp3) is 0.860. The summed E-state index contributed by atoms with van der Waals surface area (Å²) < 4.78 is 28.4. The second-order valence-electron chi connectivity index (χ2n) is 18.2. The van der Waals surface area contributed by atoms with E-state index in [1.165, 1.54) is 110 Å². The van der Waals surface area contributed by atoms with E-state index in [0.717, 1.165) is 72.1 Å². The zero-order chi connectivity index (χ0) is 49.1. The van der Waals surface area contributed by atoms with Crippen molar-refractivity contribution in [2.24, 2.45) is 5.92 Å². The van der Waals surface area contributed by atoms with Crippen LogP contribution in [0.25, 0.3) is 0 Å². The average Bonchev–Trinajstić information content (AvgIpc) is 3.25. The molecule has 0 aliphatic carbocycles. The van der Waals surface area contributed by atoms with Crippen molar-refractivity contribution in [3.05, 3.63) is 0 Å². The van der Waals surface area contributed by atoms with Gasteiger partial charge < -0.3 is 44.5 Å². The summed E-state index contributed by atoms with van der Waals surface area (Å²) in [6, 6.07) is -3.10. The van der Waals surface area contributed by atoms with Gasteiger partial charge >= 0.3 is 29.8 Å². The van der Waals surface area contributed by atoms with Gasteiger partial charge in [-0.25, -0.2) is 4.79 Å². The van der Waals surface area contributed by atoms with Gasteiger partial charge in [0.15, 0.2) is 24.6 Å². The fourth-order valence-electron chi connectivity index (χ4n) is 8.44. The summed E-state index contributed by atoms with van der Waals surface area (Å²) in [5.41, 5.74) is 0. The molecule has 0 aromatic carbocycles. The molecule has 382 valence electrons. The molecule has 16 heteroatoms. The van der Waals surface area contributed by atoms with Gasteiger partial charge in [-0.3, -0.25) is 28.8 Å². The minimum Gasteiger partial charge on any atom is -0.481 e. The molecule has 0 bridgehead atoms. The lowest BCUT2D eigenvalue weighted by molar-refractivity contribution is -0.301. The predicted molar refractivity (Wildman–Crippen MR) is 250 cm³/mol. The summed E-state index contributed by atoms with van der Waals surface area (Å²) in [6.07, 6.45) is 21.8. The number of hydrogen-bond acceptors (Lipinski definition) is 12. The van der Waals surface area contributed by atoms with Gasteiger partial charge in [-0.15, -0.1) is 0 Å². The smallest absolute Gasteiger partial charge is 0.326 e. The highest BCUT2D eigenvalue weighted by Crippen LogP contribution is 2.30. The van der Waals surface area contributed by atoms with Crippen molar-refractivity contribution < 1.29 is 67.5 Å². The summed E-state index contributed by atoms with van der Waals surface area (Å²) >= 11 is 0. The zero-order valence-electron chi connectivity index (χ0n) is 41.4. The predicted octanol–water partition coefficient (Wildman–Crippen LogP) is 9.26. The molecule has 0 unspecified atom stereocenters. The summed E-state index contributed by atoms with van der Waals surface area (Å²) in [5.74, 6) is -6.84. The first kappa shape index (κ1) is 60.2. The number of rotatable bonds is 40. The van der Waals surface area contributed by atoms with Crippen LogP contribution >= 0.6 is 0 Å². The Bertz CT molecular complexity index is 1370. The van der Waals surface area contributed by atoms with Gasteiger partial charge in [0.05, 0.1) is 12.7 Å². The maximum Gasteiger partial charge on any atom is 0.326 e. The summed E-state index contributed by atoms with van der Waals surface area (Å²) in [6.45, 7) is 8.72. The normalized spacial score (nSPS) is 19.1. The number of aliphatic carboxylic acids is 2. The molecule has 0 spiro atoms. The van der Waals surface area contributed by atoms with Gasteiger partial charge in [-0.2, -0.15) is 0 Å². The van der Waals surface area contributed by atoms with Crippen LogP contribution in [0.15, 0.2) is 0 Å². The second-order valence-corrected chi connectivity index (χ2v) is 18.2. The molecule has 1 rings (SSSR count). The number of hydrogen-bond donors (Lipinski definition) is 4. The highest BCUT2D eigenvalue weighted by molar-refractivity contribution is 5.91. The number of carbonyl (C=O) groups is 7. The molecule has 1 aliphatic heterocycles. The Morgan fingerprint density at radius 1 is 0.500 bits per heavy atom.